The molecular formula is C14H20Cl2N2O. The molecule has 1 rings (SSSR count). The molecule has 106 valence electrons. The van der Waals surface area contributed by atoms with Crippen molar-refractivity contribution in [3.05, 3.63) is 33.8 Å². The summed E-state index contributed by atoms with van der Waals surface area (Å²) in [6, 6.07) is 5.41. The molecule has 0 spiro atoms. The molecule has 1 amide bonds. The molecule has 0 heterocycles. The van der Waals surface area contributed by atoms with E-state index in [1.165, 1.54) is 0 Å². The van der Waals surface area contributed by atoms with Gasteiger partial charge in [0.1, 0.15) is 0 Å². The lowest BCUT2D eigenvalue weighted by molar-refractivity contribution is -0.122. The van der Waals surface area contributed by atoms with Gasteiger partial charge in [-0.3, -0.25) is 4.79 Å². The van der Waals surface area contributed by atoms with Gasteiger partial charge in [-0.2, -0.15) is 0 Å². The van der Waals surface area contributed by atoms with Crippen molar-refractivity contribution in [3.63, 3.8) is 0 Å². The SMILES string of the molecule is CC(C)(C)NC(=O)CCNCc1cc(Cl)cc(Cl)c1. The first-order valence-electron chi connectivity index (χ1n) is 6.23. The van der Waals surface area contributed by atoms with E-state index < -0.39 is 0 Å². The van der Waals surface area contributed by atoms with Gasteiger partial charge in [0, 0.05) is 35.1 Å². The van der Waals surface area contributed by atoms with Crippen LogP contribution in [0, 0.1) is 0 Å². The van der Waals surface area contributed by atoms with Crippen molar-refractivity contribution < 1.29 is 4.79 Å². The Morgan fingerprint density at radius 2 is 1.74 bits per heavy atom. The number of benzene rings is 1. The van der Waals surface area contributed by atoms with Crippen molar-refractivity contribution in [3.8, 4) is 0 Å². The van der Waals surface area contributed by atoms with Gasteiger partial charge in [-0.15, -0.1) is 0 Å². The van der Waals surface area contributed by atoms with Gasteiger partial charge in [-0.25, -0.2) is 0 Å². The number of carbonyl (C=O) groups excluding carboxylic acids is 1. The minimum atomic E-state index is -0.183. The Labute approximate surface area is 124 Å². The maximum absolute atomic E-state index is 11.6. The first kappa shape index (κ1) is 16.3. The van der Waals surface area contributed by atoms with Crippen LogP contribution in [-0.4, -0.2) is 18.0 Å². The molecule has 0 saturated carbocycles. The predicted octanol–water partition coefficient (Wildman–Crippen LogP) is 3.39. The fraction of sp³-hybridized carbons (Fsp3) is 0.500. The van der Waals surface area contributed by atoms with Crippen LogP contribution in [-0.2, 0) is 11.3 Å². The minimum Gasteiger partial charge on any atom is -0.351 e. The Hall–Kier alpha value is -0.770. The van der Waals surface area contributed by atoms with Crippen molar-refractivity contribution in [2.45, 2.75) is 39.3 Å². The molecular weight excluding hydrogens is 283 g/mol. The molecule has 0 saturated heterocycles. The van der Waals surface area contributed by atoms with Crippen LogP contribution in [0.4, 0.5) is 0 Å². The Bertz CT molecular complexity index is 421. The Morgan fingerprint density at radius 3 is 2.26 bits per heavy atom. The molecule has 0 atom stereocenters. The van der Waals surface area contributed by atoms with E-state index in [0.29, 0.717) is 29.6 Å². The highest BCUT2D eigenvalue weighted by Gasteiger charge is 2.12. The van der Waals surface area contributed by atoms with Crippen molar-refractivity contribution in [2.75, 3.05) is 6.54 Å². The normalized spacial score (nSPS) is 11.4. The van der Waals surface area contributed by atoms with Gasteiger partial charge >= 0.3 is 0 Å². The molecule has 0 aliphatic heterocycles. The van der Waals surface area contributed by atoms with Crippen molar-refractivity contribution >= 4 is 29.1 Å². The van der Waals surface area contributed by atoms with Crippen molar-refractivity contribution in [2.24, 2.45) is 0 Å². The van der Waals surface area contributed by atoms with Gasteiger partial charge < -0.3 is 10.6 Å². The maximum Gasteiger partial charge on any atom is 0.221 e. The van der Waals surface area contributed by atoms with E-state index in [-0.39, 0.29) is 11.4 Å². The second-order valence-corrected chi connectivity index (χ2v) is 6.38. The minimum absolute atomic E-state index is 0.0455. The third kappa shape index (κ3) is 7.41. The number of carbonyl (C=O) groups is 1. The lowest BCUT2D eigenvalue weighted by Gasteiger charge is -2.20. The second kappa shape index (κ2) is 7.13. The molecule has 0 unspecified atom stereocenters. The van der Waals surface area contributed by atoms with Gasteiger partial charge in [-0.05, 0) is 44.5 Å². The largest absolute Gasteiger partial charge is 0.351 e. The monoisotopic (exact) mass is 302 g/mol. The van der Waals surface area contributed by atoms with Crippen LogP contribution in [0.5, 0.6) is 0 Å². The molecule has 19 heavy (non-hydrogen) atoms. The van der Waals surface area contributed by atoms with Crippen LogP contribution in [0.15, 0.2) is 18.2 Å². The molecule has 3 nitrogen and oxygen atoms in total. The molecule has 0 aromatic heterocycles. The average molecular weight is 303 g/mol. The third-order valence-electron chi connectivity index (χ3n) is 2.29. The summed E-state index contributed by atoms with van der Waals surface area (Å²) in [5, 5.41) is 7.35. The van der Waals surface area contributed by atoms with Crippen molar-refractivity contribution in [1.82, 2.24) is 10.6 Å². The first-order valence-corrected chi connectivity index (χ1v) is 6.98. The molecule has 0 bridgehead atoms. The molecule has 2 N–H and O–H groups in total. The topological polar surface area (TPSA) is 41.1 Å². The summed E-state index contributed by atoms with van der Waals surface area (Å²) >= 11 is 11.8. The van der Waals surface area contributed by atoms with E-state index in [1.54, 1.807) is 6.07 Å². The summed E-state index contributed by atoms with van der Waals surface area (Å²) < 4.78 is 0. The van der Waals surface area contributed by atoms with Gasteiger partial charge in [-0.1, -0.05) is 23.2 Å². The van der Waals surface area contributed by atoms with E-state index >= 15 is 0 Å². The first-order chi connectivity index (χ1) is 8.76. The number of amides is 1. The van der Waals surface area contributed by atoms with E-state index in [0.717, 1.165) is 5.56 Å². The summed E-state index contributed by atoms with van der Waals surface area (Å²) in [5.74, 6) is 0.0455. The molecule has 1 aromatic rings. The van der Waals surface area contributed by atoms with Crippen molar-refractivity contribution in [1.29, 1.82) is 0 Å². The maximum atomic E-state index is 11.6. The molecule has 0 aliphatic rings. The zero-order chi connectivity index (χ0) is 14.5. The van der Waals surface area contributed by atoms with Crippen LogP contribution in [0.2, 0.25) is 10.0 Å². The fourth-order valence-corrected chi connectivity index (χ4v) is 2.20. The number of hydrogen-bond acceptors (Lipinski definition) is 2. The van der Waals surface area contributed by atoms with Gasteiger partial charge in [0.05, 0.1) is 0 Å². The van der Waals surface area contributed by atoms with Crippen LogP contribution < -0.4 is 10.6 Å². The second-order valence-electron chi connectivity index (χ2n) is 5.50. The van der Waals surface area contributed by atoms with Gasteiger partial charge in [0.15, 0.2) is 0 Å². The van der Waals surface area contributed by atoms with E-state index in [1.807, 2.05) is 32.9 Å². The summed E-state index contributed by atoms with van der Waals surface area (Å²) in [4.78, 5) is 11.6. The lowest BCUT2D eigenvalue weighted by Crippen LogP contribution is -2.41. The van der Waals surface area contributed by atoms with E-state index in [9.17, 15) is 4.79 Å². The molecule has 1 aromatic carbocycles. The summed E-state index contributed by atoms with van der Waals surface area (Å²) in [6.07, 6.45) is 0.450. The van der Waals surface area contributed by atoms with E-state index in [4.69, 9.17) is 23.2 Å². The third-order valence-corrected chi connectivity index (χ3v) is 2.73. The lowest BCUT2D eigenvalue weighted by atomic mass is 10.1. The van der Waals surface area contributed by atoms with Crippen LogP contribution in [0.25, 0.3) is 0 Å². The number of nitrogens with one attached hydrogen (secondary N) is 2. The molecule has 0 fully saturated rings. The Kier molecular flexibility index (Phi) is 6.11. The highest BCUT2D eigenvalue weighted by Crippen LogP contribution is 2.18. The molecule has 5 heteroatoms. The van der Waals surface area contributed by atoms with Crippen LogP contribution in [0.3, 0.4) is 0 Å². The summed E-state index contributed by atoms with van der Waals surface area (Å²) in [5.41, 5.74) is 0.825. The molecule has 0 aliphatic carbocycles. The zero-order valence-electron chi connectivity index (χ0n) is 11.5. The Balaban J connectivity index is 2.29. The number of hydrogen-bond donors (Lipinski definition) is 2. The fourth-order valence-electron chi connectivity index (χ4n) is 1.63. The standard InChI is InChI=1S/C14H20Cl2N2O/c1-14(2,3)18-13(19)4-5-17-9-10-6-11(15)8-12(16)7-10/h6-8,17H,4-5,9H2,1-3H3,(H,18,19). The highest BCUT2D eigenvalue weighted by molar-refractivity contribution is 6.34. The quantitative estimate of drug-likeness (QED) is 0.819. The average Bonchev–Trinajstić information content (AvgIpc) is 2.20. The van der Waals surface area contributed by atoms with Gasteiger partial charge in [0.25, 0.3) is 0 Å². The van der Waals surface area contributed by atoms with E-state index in [2.05, 4.69) is 10.6 Å². The van der Waals surface area contributed by atoms with Crippen LogP contribution >= 0.6 is 23.2 Å². The predicted molar refractivity (Wildman–Crippen MR) is 80.7 cm³/mol. The summed E-state index contributed by atoms with van der Waals surface area (Å²) in [6.45, 7) is 7.15. The molecule has 0 radical (unpaired) electrons. The Morgan fingerprint density at radius 1 is 1.16 bits per heavy atom. The number of rotatable bonds is 5. The highest BCUT2D eigenvalue weighted by atomic mass is 35.5. The number of halogens is 2. The zero-order valence-corrected chi connectivity index (χ0v) is 13.0. The van der Waals surface area contributed by atoms with Gasteiger partial charge in [0.2, 0.25) is 5.91 Å². The summed E-state index contributed by atoms with van der Waals surface area (Å²) in [7, 11) is 0. The van der Waals surface area contributed by atoms with Crippen LogP contribution in [0.1, 0.15) is 32.8 Å². The smallest absolute Gasteiger partial charge is 0.221 e.